The SMILES string of the molecule is COC1CS(=O)(=O)CC1NC(=O)NCC1(N)C2CC3CC(C2)CC1C3. The maximum absolute atomic E-state index is 12.3. The molecule has 5 fully saturated rings. The van der Waals surface area contributed by atoms with Crippen LogP contribution in [0.15, 0.2) is 0 Å². The third-order valence-corrected chi connectivity index (χ3v) is 8.84. The van der Waals surface area contributed by atoms with E-state index < -0.39 is 22.0 Å². The van der Waals surface area contributed by atoms with E-state index in [-0.39, 0.29) is 23.1 Å². The molecular formula is C17H29N3O4S. The third-order valence-electron chi connectivity index (χ3n) is 7.13. The molecule has 0 radical (unpaired) electrons. The average Bonchev–Trinajstić information content (AvgIpc) is 2.84. The van der Waals surface area contributed by atoms with Gasteiger partial charge in [0.05, 0.1) is 23.7 Å². The molecule has 142 valence electrons. The summed E-state index contributed by atoms with van der Waals surface area (Å²) in [6.45, 7) is 0.463. The van der Waals surface area contributed by atoms with E-state index in [2.05, 4.69) is 10.6 Å². The lowest BCUT2D eigenvalue weighted by atomic mass is 9.49. The molecule has 0 spiro atoms. The van der Waals surface area contributed by atoms with E-state index in [1.165, 1.54) is 39.2 Å². The number of urea groups is 1. The number of ether oxygens (including phenoxy) is 1. The summed E-state index contributed by atoms with van der Waals surface area (Å²) in [5, 5.41) is 5.69. The van der Waals surface area contributed by atoms with Gasteiger partial charge in [0.15, 0.2) is 9.84 Å². The molecule has 25 heavy (non-hydrogen) atoms. The molecule has 8 heteroatoms. The molecule has 4 bridgehead atoms. The van der Waals surface area contributed by atoms with Gasteiger partial charge in [0.2, 0.25) is 0 Å². The smallest absolute Gasteiger partial charge is 0.315 e. The largest absolute Gasteiger partial charge is 0.378 e. The fraction of sp³-hybridized carbons (Fsp3) is 0.941. The zero-order valence-electron chi connectivity index (χ0n) is 14.7. The van der Waals surface area contributed by atoms with Gasteiger partial charge < -0.3 is 21.1 Å². The fourth-order valence-corrected chi connectivity index (χ4v) is 7.84. The molecule has 0 aromatic heterocycles. The Balaban J connectivity index is 1.34. The lowest BCUT2D eigenvalue weighted by Gasteiger charge is -2.59. The fourth-order valence-electron chi connectivity index (χ4n) is 5.99. The zero-order chi connectivity index (χ0) is 17.8. The van der Waals surface area contributed by atoms with E-state index in [0.29, 0.717) is 18.4 Å². The van der Waals surface area contributed by atoms with Gasteiger partial charge in [-0.3, -0.25) is 0 Å². The molecule has 2 unspecified atom stereocenters. The van der Waals surface area contributed by atoms with Gasteiger partial charge in [0.25, 0.3) is 0 Å². The predicted molar refractivity (Wildman–Crippen MR) is 93.7 cm³/mol. The zero-order valence-corrected chi connectivity index (χ0v) is 15.6. The van der Waals surface area contributed by atoms with E-state index in [9.17, 15) is 13.2 Å². The Morgan fingerprint density at radius 2 is 1.72 bits per heavy atom. The van der Waals surface area contributed by atoms with Gasteiger partial charge in [-0.25, -0.2) is 13.2 Å². The Morgan fingerprint density at radius 3 is 2.28 bits per heavy atom. The first kappa shape index (κ1) is 17.5. The molecule has 2 atom stereocenters. The molecule has 1 saturated heterocycles. The van der Waals surface area contributed by atoms with Crippen molar-refractivity contribution >= 4 is 15.9 Å². The molecule has 1 heterocycles. The summed E-state index contributed by atoms with van der Waals surface area (Å²) in [5.41, 5.74) is 6.47. The maximum Gasteiger partial charge on any atom is 0.315 e. The van der Waals surface area contributed by atoms with Crippen molar-refractivity contribution in [2.75, 3.05) is 25.2 Å². The number of rotatable bonds is 4. The molecule has 2 amide bonds. The first-order valence-electron chi connectivity index (χ1n) is 9.35. The van der Waals surface area contributed by atoms with Gasteiger partial charge in [0, 0.05) is 19.2 Å². The third kappa shape index (κ3) is 3.17. The lowest BCUT2D eigenvalue weighted by Crippen LogP contribution is -2.67. The Morgan fingerprint density at radius 1 is 1.12 bits per heavy atom. The Hall–Kier alpha value is -0.860. The van der Waals surface area contributed by atoms with Crippen LogP contribution < -0.4 is 16.4 Å². The number of hydrogen-bond acceptors (Lipinski definition) is 5. The van der Waals surface area contributed by atoms with E-state index >= 15 is 0 Å². The molecule has 4 aliphatic carbocycles. The van der Waals surface area contributed by atoms with Crippen molar-refractivity contribution in [3.63, 3.8) is 0 Å². The van der Waals surface area contributed by atoms with Crippen LogP contribution in [0.1, 0.15) is 32.1 Å². The minimum Gasteiger partial charge on any atom is -0.378 e. The molecule has 0 aromatic carbocycles. The number of nitrogens with one attached hydrogen (secondary N) is 2. The maximum atomic E-state index is 12.3. The molecule has 7 nitrogen and oxygen atoms in total. The van der Waals surface area contributed by atoms with Crippen LogP contribution in [-0.4, -0.2) is 57.3 Å². The van der Waals surface area contributed by atoms with Crippen molar-refractivity contribution in [3.8, 4) is 0 Å². The number of methoxy groups -OCH3 is 1. The number of sulfone groups is 1. The molecule has 0 aromatic rings. The Labute approximate surface area is 149 Å². The molecular weight excluding hydrogens is 342 g/mol. The summed E-state index contributed by atoms with van der Waals surface area (Å²) in [6.07, 6.45) is 5.66. The van der Waals surface area contributed by atoms with Crippen molar-refractivity contribution in [2.24, 2.45) is 29.4 Å². The van der Waals surface area contributed by atoms with E-state index in [4.69, 9.17) is 10.5 Å². The van der Waals surface area contributed by atoms with Crippen LogP contribution in [0.4, 0.5) is 4.79 Å². The molecule has 5 rings (SSSR count). The second-order valence-electron chi connectivity index (χ2n) is 8.70. The van der Waals surface area contributed by atoms with Gasteiger partial charge in [-0.05, 0) is 55.8 Å². The molecule has 1 aliphatic heterocycles. The topological polar surface area (TPSA) is 111 Å². The van der Waals surface area contributed by atoms with Crippen molar-refractivity contribution in [1.29, 1.82) is 0 Å². The molecule has 4 saturated carbocycles. The minimum atomic E-state index is -3.16. The summed E-state index contributed by atoms with van der Waals surface area (Å²) in [5.74, 6) is 2.56. The number of nitrogens with two attached hydrogens (primary N) is 1. The van der Waals surface area contributed by atoms with Crippen molar-refractivity contribution in [2.45, 2.75) is 49.8 Å². The average molecular weight is 372 g/mol. The van der Waals surface area contributed by atoms with Gasteiger partial charge in [-0.1, -0.05) is 0 Å². The molecule has 4 N–H and O–H groups in total. The second kappa shape index (κ2) is 6.09. The van der Waals surface area contributed by atoms with E-state index in [1.54, 1.807) is 0 Å². The van der Waals surface area contributed by atoms with Crippen LogP contribution in [0.3, 0.4) is 0 Å². The van der Waals surface area contributed by atoms with E-state index in [1.807, 2.05) is 0 Å². The van der Waals surface area contributed by atoms with Gasteiger partial charge in [0.1, 0.15) is 0 Å². The van der Waals surface area contributed by atoms with Gasteiger partial charge >= 0.3 is 6.03 Å². The normalized spacial score (nSPS) is 47.0. The van der Waals surface area contributed by atoms with Crippen LogP contribution >= 0.6 is 0 Å². The Kier molecular flexibility index (Phi) is 4.28. The standard InChI is InChI=1S/C17H29N3O4S/c1-24-15-8-25(22,23)7-14(15)20-16(21)19-9-17(18)12-3-10-2-11(5-12)6-13(17)4-10/h10-15H,2-9,18H2,1H3,(H2,19,20,21). The van der Waals surface area contributed by atoms with E-state index in [0.717, 1.165) is 11.8 Å². The summed E-state index contributed by atoms with van der Waals surface area (Å²) in [4.78, 5) is 12.3. The highest BCUT2D eigenvalue weighted by Gasteiger charge is 2.55. The van der Waals surface area contributed by atoms with Crippen LogP contribution in [0.25, 0.3) is 0 Å². The summed E-state index contributed by atoms with van der Waals surface area (Å²) < 4.78 is 28.7. The summed E-state index contributed by atoms with van der Waals surface area (Å²) >= 11 is 0. The number of carbonyl (C=O) groups is 1. The second-order valence-corrected chi connectivity index (χ2v) is 10.9. The summed E-state index contributed by atoms with van der Waals surface area (Å²) in [7, 11) is -1.68. The highest BCUT2D eigenvalue weighted by atomic mass is 32.2. The quantitative estimate of drug-likeness (QED) is 0.656. The number of amides is 2. The van der Waals surface area contributed by atoms with Crippen LogP contribution in [0, 0.1) is 23.7 Å². The lowest BCUT2D eigenvalue weighted by molar-refractivity contribution is -0.0530. The summed E-state index contributed by atoms with van der Waals surface area (Å²) in [6, 6.07) is -0.843. The van der Waals surface area contributed by atoms with Crippen molar-refractivity contribution in [3.05, 3.63) is 0 Å². The van der Waals surface area contributed by atoms with Crippen LogP contribution in [0.5, 0.6) is 0 Å². The highest BCUT2D eigenvalue weighted by molar-refractivity contribution is 7.91. The monoisotopic (exact) mass is 371 g/mol. The minimum absolute atomic E-state index is 0.0395. The number of carbonyl (C=O) groups excluding carboxylic acids is 1. The first-order valence-corrected chi connectivity index (χ1v) is 11.2. The van der Waals surface area contributed by atoms with Crippen LogP contribution in [-0.2, 0) is 14.6 Å². The highest BCUT2D eigenvalue weighted by Crippen LogP contribution is 2.57. The van der Waals surface area contributed by atoms with Crippen molar-refractivity contribution < 1.29 is 17.9 Å². The number of hydrogen-bond donors (Lipinski definition) is 3. The van der Waals surface area contributed by atoms with Crippen LogP contribution in [0.2, 0.25) is 0 Å². The van der Waals surface area contributed by atoms with Crippen molar-refractivity contribution in [1.82, 2.24) is 10.6 Å². The Bertz CT molecular complexity index is 622. The van der Waals surface area contributed by atoms with Gasteiger partial charge in [-0.15, -0.1) is 0 Å². The predicted octanol–water partition coefficient (Wildman–Crippen LogP) is 0.251. The first-order chi connectivity index (χ1) is 11.8. The van der Waals surface area contributed by atoms with Gasteiger partial charge in [-0.2, -0.15) is 0 Å². The molecule has 5 aliphatic rings.